The van der Waals surface area contributed by atoms with Gasteiger partial charge in [-0.3, -0.25) is 19.9 Å². The van der Waals surface area contributed by atoms with Gasteiger partial charge in [-0.05, 0) is 37.5 Å². The van der Waals surface area contributed by atoms with Crippen LogP contribution in [0.3, 0.4) is 0 Å². The zero-order chi connectivity index (χ0) is 21.8. The average Bonchev–Trinajstić information content (AvgIpc) is 2.76. The van der Waals surface area contributed by atoms with E-state index in [0.717, 1.165) is 38.9 Å². The number of benzene rings is 1. The van der Waals surface area contributed by atoms with Crippen LogP contribution in [0.15, 0.2) is 18.2 Å². The van der Waals surface area contributed by atoms with Gasteiger partial charge in [0.2, 0.25) is 5.91 Å². The molecule has 0 aliphatic carbocycles. The summed E-state index contributed by atoms with van der Waals surface area (Å²) < 4.78 is 19.8. The fourth-order valence-electron chi connectivity index (χ4n) is 4.33. The van der Waals surface area contributed by atoms with Gasteiger partial charge in [0.1, 0.15) is 5.82 Å². The van der Waals surface area contributed by atoms with Gasteiger partial charge in [-0.1, -0.05) is 0 Å². The molecule has 1 atom stereocenters. The third kappa shape index (κ3) is 5.13. The minimum Gasteiger partial charge on any atom is -0.379 e. The maximum Gasteiger partial charge on any atom is 0.328 e. The summed E-state index contributed by atoms with van der Waals surface area (Å²) in [5.74, 6) is -0.979. The van der Waals surface area contributed by atoms with E-state index in [1.165, 1.54) is 23.1 Å². The Morgan fingerprint density at radius 1 is 1.16 bits per heavy atom. The Kier molecular flexibility index (Phi) is 6.67. The number of urea groups is 2. The highest BCUT2D eigenvalue weighted by Gasteiger charge is 2.30. The van der Waals surface area contributed by atoms with Crippen molar-refractivity contribution >= 4 is 29.3 Å². The van der Waals surface area contributed by atoms with Crippen molar-refractivity contribution in [3.05, 3.63) is 24.0 Å². The lowest BCUT2D eigenvalue weighted by atomic mass is 10.0. The average molecular weight is 433 g/mol. The number of likely N-dealkylation sites (tertiary alicyclic amines) is 1. The molecule has 3 heterocycles. The van der Waals surface area contributed by atoms with Gasteiger partial charge >= 0.3 is 12.1 Å². The van der Waals surface area contributed by atoms with Gasteiger partial charge in [0.25, 0.3) is 0 Å². The molecule has 0 aromatic heterocycles. The van der Waals surface area contributed by atoms with Crippen LogP contribution in [0.25, 0.3) is 0 Å². The number of halogens is 1. The number of nitrogens with one attached hydrogen (secondary N) is 2. The lowest BCUT2D eigenvalue weighted by molar-refractivity contribution is -0.120. The predicted molar refractivity (Wildman–Crippen MR) is 113 cm³/mol. The standard InChI is InChI=1S/C21H28FN5O4/c22-17-5-4-15(13-18(17)27-8-6-19(28)24-21(27)30)23-20(29)26-7-2-1-3-16(26)14-25-9-11-31-12-10-25/h4-5,13,16H,1-3,6-12,14H2,(H,23,29)(H,24,28,30). The molecule has 1 unspecified atom stereocenters. The summed E-state index contributed by atoms with van der Waals surface area (Å²) in [6.45, 7) is 4.74. The van der Waals surface area contributed by atoms with Crippen molar-refractivity contribution in [1.82, 2.24) is 15.1 Å². The molecule has 3 aliphatic rings. The zero-order valence-corrected chi connectivity index (χ0v) is 17.4. The summed E-state index contributed by atoms with van der Waals surface area (Å²) >= 11 is 0. The number of amides is 5. The molecule has 1 aromatic carbocycles. The van der Waals surface area contributed by atoms with E-state index in [0.29, 0.717) is 25.4 Å². The van der Waals surface area contributed by atoms with Crippen LogP contribution >= 0.6 is 0 Å². The minimum absolute atomic E-state index is 0.0336. The van der Waals surface area contributed by atoms with Crippen molar-refractivity contribution in [2.75, 3.05) is 56.2 Å². The molecule has 1 aromatic rings. The van der Waals surface area contributed by atoms with Crippen LogP contribution in [0.1, 0.15) is 25.7 Å². The molecular weight excluding hydrogens is 405 g/mol. The Hall–Kier alpha value is -2.72. The van der Waals surface area contributed by atoms with Gasteiger partial charge in [-0.2, -0.15) is 0 Å². The fraction of sp³-hybridized carbons (Fsp3) is 0.571. The van der Waals surface area contributed by atoms with Crippen molar-refractivity contribution in [3.8, 4) is 0 Å². The van der Waals surface area contributed by atoms with Crippen LogP contribution in [0.5, 0.6) is 0 Å². The van der Waals surface area contributed by atoms with Gasteiger partial charge in [0, 0.05) is 50.9 Å². The Balaban J connectivity index is 1.44. The lowest BCUT2D eigenvalue weighted by Crippen LogP contribution is -2.52. The molecule has 9 nitrogen and oxygen atoms in total. The van der Waals surface area contributed by atoms with Crippen LogP contribution in [0, 0.1) is 5.82 Å². The van der Waals surface area contributed by atoms with Crippen molar-refractivity contribution in [2.24, 2.45) is 0 Å². The summed E-state index contributed by atoms with van der Waals surface area (Å²) in [7, 11) is 0. The molecule has 10 heteroatoms. The number of hydrogen-bond donors (Lipinski definition) is 2. The number of piperidine rings is 1. The summed E-state index contributed by atoms with van der Waals surface area (Å²) in [4.78, 5) is 41.9. The van der Waals surface area contributed by atoms with Crippen LogP contribution in [-0.2, 0) is 9.53 Å². The van der Waals surface area contributed by atoms with Crippen LogP contribution in [0.4, 0.5) is 25.4 Å². The first-order valence-electron chi connectivity index (χ1n) is 10.8. The third-order valence-corrected chi connectivity index (χ3v) is 6.00. The Bertz CT molecular complexity index is 845. The molecule has 4 rings (SSSR count). The SMILES string of the molecule is O=C1CCN(c2cc(NC(=O)N3CCCCC3CN3CCOCC3)ccc2F)C(=O)N1. The second-order valence-corrected chi connectivity index (χ2v) is 8.11. The topological polar surface area (TPSA) is 94.2 Å². The number of morpholine rings is 1. The first-order valence-corrected chi connectivity index (χ1v) is 10.8. The van der Waals surface area contributed by atoms with Crippen molar-refractivity contribution < 1.29 is 23.5 Å². The third-order valence-electron chi connectivity index (χ3n) is 6.00. The van der Waals surface area contributed by atoms with E-state index >= 15 is 0 Å². The molecule has 5 amide bonds. The normalized spacial score (nSPS) is 22.9. The first kappa shape index (κ1) is 21.5. The first-order chi connectivity index (χ1) is 15.0. The van der Waals surface area contributed by atoms with Gasteiger partial charge in [0.15, 0.2) is 0 Å². The van der Waals surface area contributed by atoms with Crippen molar-refractivity contribution in [2.45, 2.75) is 31.7 Å². The van der Waals surface area contributed by atoms with E-state index < -0.39 is 11.8 Å². The highest BCUT2D eigenvalue weighted by molar-refractivity contribution is 6.06. The molecule has 0 radical (unpaired) electrons. The van der Waals surface area contributed by atoms with Gasteiger partial charge < -0.3 is 15.0 Å². The van der Waals surface area contributed by atoms with E-state index in [2.05, 4.69) is 15.5 Å². The van der Waals surface area contributed by atoms with Crippen LogP contribution in [0.2, 0.25) is 0 Å². The monoisotopic (exact) mass is 433 g/mol. The molecule has 2 N–H and O–H groups in total. The smallest absolute Gasteiger partial charge is 0.328 e. The fourth-order valence-corrected chi connectivity index (χ4v) is 4.33. The largest absolute Gasteiger partial charge is 0.379 e. The number of carbonyl (C=O) groups excluding carboxylic acids is 3. The molecule has 3 saturated heterocycles. The molecule has 3 fully saturated rings. The molecule has 31 heavy (non-hydrogen) atoms. The van der Waals surface area contributed by atoms with E-state index in [9.17, 15) is 18.8 Å². The predicted octanol–water partition coefficient (Wildman–Crippen LogP) is 1.99. The number of nitrogens with zero attached hydrogens (tertiary/aromatic N) is 3. The van der Waals surface area contributed by atoms with Crippen molar-refractivity contribution in [1.29, 1.82) is 0 Å². The van der Waals surface area contributed by atoms with E-state index in [4.69, 9.17) is 4.74 Å². The number of anilines is 2. The van der Waals surface area contributed by atoms with E-state index in [1.807, 2.05) is 4.90 Å². The van der Waals surface area contributed by atoms with Crippen molar-refractivity contribution in [3.63, 3.8) is 0 Å². The van der Waals surface area contributed by atoms with Gasteiger partial charge in [-0.15, -0.1) is 0 Å². The minimum atomic E-state index is -0.666. The number of carbonyl (C=O) groups is 3. The van der Waals surface area contributed by atoms with Crippen LogP contribution in [-0.4, -0.2) is 79.7 Å². The van der Waals surface area contributed by atoms with E-state index in [-0.39, 0.29) is 36.6 Å². The molecule has 0 saturated carbocycles. The number of rotatable bonds is 4. The Labute approximate surface area is 180 Å². The number of hydrogen-bond acceptors (Lipinski definition) is 5. The molecule has 168 valence electrons. The number of ether oxygens (including phenoxy) is 1. The summed E-state index contributed by atoms with van der Waals surface area (Å²) in [5, 5.41) is 5.04. The second-order valence-electron chi connectivity index (χ2n) is 8.11. The summed E-state index contributed by atoms with van der Waals surface area (Å²) in [6.07, 6.45) is 3.08. The highest BCUT2D eigenvalue weighted by atomic mass is 19.1. The molecule has 3 aliphatic heterocycles. The molecular formula is C21H28FN5O4. The lowest BCUT2D eigenvalue weighted by Gasteiger charge is -2.39. The maximum atomic E-state index is 14.4. The molecule has 0 spiro atoms. The van der Waals surface area contributed by atoms with Gasteiger partial charge in [0.05, 0.1) is 18.9 Å². The van der Waals surface area contributed by atoms with Crippen LogP contribution < -0.4 is 15.5 Å². The second kappa shape index (κ2) is 9.61. The molecule has 0 bridgehead atoms. The zero-order valence-electron chi connectivity index (χ0n) is 17.4. The summed E-state index contributed by atoms with van der Waals surface area (Å²) in [5.41, 5.74) is 0.438. The quantitative estimate of drug-likeness (QED) is 0.758. The highest BCUT2D eigenvalue weighted by Crippen LogP contribution is 2.26. The van der Waals surface area contributed by atoms with Gasteiger partial charge in [-0.25, -0.2) is 14.0 Å². The number of imide groups is 1. The summed E-state index contributed by atoms with van der Waals surface area (Å²) in [6, 6.07) is 3.35. The Morgan fingerprint density at radius 2 is 1.97 bits per heavy atom. The Morgan fingerprint density at radius 3 is 2.74 bits per heavy atom. The van der Waals surface area contributed by atoms with E-state index in [1.54, 1.807) is 0 Å². The maximum absolute atomic E-state index is 14.4.